The average molecular weight is 416 g/mol. The molecule has 0 atom stereocenters. The number of benzene rings is 2. The van der Waals surface area contributed by atoms with Gasteiger partial charge in [-0.25, -0.2) is 9.67 Å². The van der Waals surface area contributed by atoms with Crippen molar-refractivity contribution in [2.75, 3.05) is 0 Å². The quantitative estimate of drug-likeness (QED) is 0.495. The molecule has 0 aliphatic heterocycles. The van der Waals surface area contributed by atoms with Gasteiger partial charge in [-0.15, -0.1) is 10.2 Å². The molecule has 0 saturated heterocycles. The molecule has 2 heterocycles. The molecule has 31 heavy (non-hydrogen) atoms. The van der Waals surface area contributed by atoms with Gasteiger partial charge in [0.1, 0.15) is 5.82 Å². The smallest absolute Gasteiger partial charge is 0.205 e. The van der Waals surface area contributed by atoms with Crippen LogP contribution >= 0.6 is 0 Å². The number of hydrogen-bond acceptors (Lipinski definition) is 5. The van der Waals surface area contributed by atoms with Crippen LogP contribution in [0.5, 0.6) is 0 Å². The van der Waals surface area contributed by atoms with Crippen molar-refractivity contribution in [2.45, 2.75) is 53.0 Å². The molecule has 0 aliphatic rings. The molecule has 0 saturated carbocycles. The summed E-state index contributed by atoms with van der Waals surface area (Å²) in [5.74, 6) is 3.05. The second kappa shape index (κ2) is 8.41. The topological polar surface area (TPSA) is 85.2 Å². The number of tetrazole rings is 1. The third-order valence-electron chi connectivity index (χ3n) is 5.08. The van der Waals surface area contributed by atoms with Crippen molar-refractivity contribution in [3.63, 3.8) is 0 Å². The minimum atomic E-state index is -0.110. The average Bonchev–Trinajstić information content (AvgIpc) is 3.38. The van der Waals surface area contributed by atoms with Crippen molar-refractivity contribution >= 4 is 0 Å². The van der Waals surface area contributed by atoms with E-state index in [1.54, 1.807) is 0 Å². The first-order valence-electron chi connectivity index (χ1n) is 10.7. The molecule has 2 aromatic carbocycles. The van der Waals surface area contributed by atoms with E-state index in [0.717, 1.165) is 41.2 Å². The van der Waals surface area contributed by atoms with Gasteiger partial charge < -0.3 is 0 Å². The highest BCUT2D eigenvalue weighted by Gasteiger charge is 2.21. The lowest BCUT2D eigenvalue weighted by Crippen LogP contribution is -2.25. The van der Waals surface area contributed by atoms with Gasteiger partial charge in [0.05, 0.1) is 5.54 Å². The minimum absolute atomic E-state index is 0.110. The van der Waals surface area contributed by atoms with Crippen molar-refractivity contribution in [3.8, 4) is 22.5 Å². The van der Waals surface area contributed by atoms with Crippen molar-refractivity contribution < 1.29 is 0 Å². The first kappa shape index (κ1) is 20.9. The van der Waals surface area contributed by atoms with E-state index < -0.39 is 0 Å². The SMILES string of the molecule is CC(C)Cc1nc(Cc2ccc(-c3ccccc3-c3nn[nH]n3)cc2)n(C(C)(C)C)n1. The minimum Gasteiger partial charge on any atom is -0.244 e. The first-order chi connectivity index (χ1) is 14.8. The highest BCUT2D eigenvalue weighted by molar-refractivity contribution is 5.80. The Morgan fingerprint density at radius 1 is 0.968 bits per heavy atom. The predicted octanol–water partition coefficient (Wildman–Crippen LogP) is 4.67. The van der Waals surface area contributed by atoms with Gasteiger partial charge in [0.15, 0.2) is 5.82 Å². The van der Waals surface area contributed by atoms with Gasteiger partial charge >= 0.3 is 0 Å². The summed E-state index contributed by atoms with van der Waals surface area (Å²) in [6.45, 7) is 10.9. The number of rotatable bonds is 6. The van der Waals surface area contributed by atoms with Gasteiger partial charge in [0, 0.05) is 18.4 Å². The zero-order valence-electron chi connectivity index (χ0n) is 18.8. The normalized spacial score (nSPS) is 11.9. The lowest BCUT2D eigenvalue weighted by Gasteiger charge is -2.21. The Bertz CT molecular complexity index is 1130. The number of aromatic nitrogens is 7. The molecule has 0 unspecified atom stereocenters. The zero-order chi connectivity index (χ0) is 22.0. The van der Waals surface area contributed by atoms with Crippen molar-refractivity contribution in [1.82, 2.24) is 35.4 Å². The molecule has 0 spiro atoms. The van der Waals surface area contributed by atoms with Crippen molar-refractivity contribution in [2.24, 2.45) is 5.92 Å². The Balaban J connectivity index is 1.62. The van der Waals surface area contributed by atoms with E-state index in [2.05, 4.69) is 90.3 Å². The van der Waals surface area contributed by atoms with Crippen LogP contribution in [-0.4, -0.2) is 35.4 Å². The monoisotopic (exact) mass is 415 g/mol. The lowest BCUT2D eigenvalue weighted by molar-refractivity contribution is 0.341. The Morgan fingerprint density at radius 3 is 2.29 bits per heavy atom. The molecule has 0 radical (unpaired) electrons. The van der Waals surface area contributed by atoms with Gasteiger partial charge in [-0.2, -0.15) is 10.3 Å². The second-order valence-electron chi connectivity index (χ2n) is 9.28. The summed E-state index contributed by atoms with van der Waals surface area (Å²) in [4.78, 5) is 4.87. The second-order valence-corrected chi connectivity index (χ2v) is 9.28. The molecule has 0 bridgehead atoms. The van der Waals surface area contributed by atoms with Gasteiger partial charge in [0.25, 0.3) is 0 Å². The van der Waals surface area contributed by atoms with Crippen LogP contribution in [0.3, 0.4) is 0 Å². The standard InChI is InChI=1S/C24H29N7/c1-16(2)14-21-25-22(31(28-21)24(3,4)5)15-17-10-12-18(13-11-17)19-8-6-7-9-20(19)23-26-29-30-27-23/h6-13,16H,14-15H2,1-5H3,(H,26,27,29,30). The summed E-state index contributed by atoms with van der Waals surface area (Å²) in [5, 5.41) is 19.3. The third kappa shape index (κ3) is 4.71. The van der Waals surface area contributed by atoms with E-state index in [1.165, 1.54) is 5.56 Å². The molecule has 2 aromatic heterocycles. The fraction of sp³-hybridized carbons (Fsp3) is 0.375. The number of H-pyrrole nitrogens is 1. The molecule has 7 heteroatoms. The Hall–Kier alpha value is -3.35. The highest BCUT2D eigenvalue weighted by atomic mass is 15.5. The van der Waals surface area contributed by atoms with Crippen LogP contribution in [0.15, 0.2) is 48.5 Å². The largest absolute Gasteiger partial charge is 0.244 e. The maximum absolute atomic E-state index is 4.87. The molecular formula is C24H29N7. The first-order valence-corrected chi connectivity index (χ1v) is 10.7. The van der Waals surface area contributed by atoms with E-state index in [4.69, 9.17) is 10.1 Å². The molecule has 0 amide bonds. The Labute approximate surface area is 182 Å². The molecule has 4 rings (SSSR count). The predicted molar refractivity (Wildman–Crippen MR) is 121 cm³/mol. The van der Waals surface area contributed by atoms with Gasteiger partial charge in [-0.3, -0.25) is 0 Å². The number of nitrogens with zero attached hydrogens (tertiary/aromatic N) is 6. The van der Waals surface area contributed by atoms with Crippen LogP contribution in [0.25, 0.3) is 22.5 Å². The molecule has 7 nitrogen and oxygen atoms in total. The van der Waals surface area contributed by atoms with Crippen LogP contribution in [0.4, 0.5) is 0 Å². The molecule has 1 N–H and O–H groups in total. The number of aromatic amines is 1. The fourth-order valence-corrected chi connectivity index (χ4v) is 3.69. The van der Waals surface area contributed by atoms with Crippen LogP contribution in [-0.2, 0) is 18.4 Å². The zero-order valence-corrected chi connectivity index (χ0v) is 18.8. The van der Waals surface area contributed by atoms with Crippen molar-refractivity contribution in [1.29, 1.82) is 0 Å². The summed E-state index contributed by atoms with van der Waals surface area (Å²) in [6, 6.07) is 16.7. The molecule has 160 valence electrons. The van der Waals surface area contributed by atoms with E-state index in [9.17, 15) is 0 Å². The number of hydrogen-bond donors (Lipinski definition) is 1. The maximum atomic E-state index is 4.87. The van der Waals surface area contributed by atoms with E-state index >= 15 is 0 Å². The van der Waals surface area contributed by atoms with E-state index in [1.807, 2.05) is 18.2 Å². The van der Waals surface area contributed by atoms with Crippen LogP contribution in [0.2, 0.25) is 0 Å². The summed E-state index contributed by atoms with van der Waals surface area (Å²) in [7, 11) is 0. The summed E-state index contributed by atoms with van der Waals surface area (Å²) < 4.78 is 2.07. The highest BCUT2D eigenvalue weighted by Crippen LogP contribution is 2.30. The van der Waals surface area contributed by atoms with E-state index in [0.29, 0.717) is 11.7 Å². The van der Waals surface area contributed by atoms with Gasteiger partial charge in [0.2, 0.25) is 5.82 Å². The third-order valence-corrected chi connectivity index (χ3v) is 5.08. The van der Waals surface area contributed by atoms with E-state index in [-0.39, 0.29) is 5.54 Å². The summed E-state index contributed by atoms with van der Waals surface area (Å²) in [6.07, 6.45) is 1.64. The molecule has 0 aliphatic carbocycles. The Kier molecular flexibility index (Phi) is 5.67. The van der Waals surface area contributed by atoms with Gasteiger partial charge in [-0.1, -0.05) is 62.4 Å². The summed E-state index contributed by atoms with van der Waals surface area (Å²) in [5.41, 5.74) is 4.24. The van der Waals surface area contributed by atoms with Crippen LogP contribution in [0, 0.1) is 5.92 Å². The van der Waals surface area contributed by atoms with Gasteiger partial charge in [-0.05, 0) is 48.6 Å². The van der Waals surface area contributed by atoms with Crippen LogP contribution in [0.1, 0.15) is 51.8 Å². The molecule has 0 fully saturated rings. The number of nitrogens with one attached hydrogen (secondary N) is 1. The maximum Gasteiger partial charge on any atom is 0.205 e. The molecular weight excluding hydrogens is 386 g/mol. The van der Waals surface area contributed by atoms with Crippen molar-refractivity contribution in [3.05, 3.63) is 65.7 Å². The fourth-order valence-electron chi connectivity index (χ4n) is 3.69. The Morgan fingerprint density at radius 2 is 1.68 bits per heavy atom. The molecule has 4 aromatic rings. The van der Waals surface area contributed by atoms with Crippen LogP contribution < -0.4 is 0 Å². The lowest BCUT2D eigenvalue weighted by atomic mass is 9.97. The summed E-state index contributed by atoms with van der Waals surface area (Å²) >= 11 is 0.